The van der Waals surface area contributed by atoms with E-state index >= 15 is 0 Å². The van der Waals surface area contributed by atoms with Gasteiger partial charge in [-0.3, -0.25) is 14.7 Å². The predicted octanol–water partition coefficient (Wildman–Crippen LogP) is 3.71. The number of carbonyl (C=O) groups excluding carboxylic acids is 1. The molecule has 0 aliphatic heterocycles. The molecule has 31 heavy (non-hydrogen) atoms. The van der Waals surface area contributed by atoms with Crippen LogP contribution in [0, 0.1) is 20.8 Å². The second kappa shape index (κ2) is 8.47. The maximum atomic E-state index is 12.9. The van der Waals surface area contributed by atoms with Crippen molar-refractivity contribution >= 4 is 17.2 Å². The first-order chi connectivity index (χ1) is 14.9. The van der Waals surface area contributed by atoms with Gasteiger partial charge >= 0.3 is 0 Å². The van der Waals surface area contributed by atoms with E-state index < -0.39 is 0 Å². The van der Waals surface area contributed by atoms with Crippen LogP contribution in [-0.2, 0) is 17.8 Å². The molecule has 0 saturated carbocycles. The summed E-state index contributed by atoms with van der Waals surface area (Å²) in [7, 11) is 0. The Morgan fingerprint density at radius 2 is 1.87 bits per heavy atom. The number of benzene rings is 2. The van der Waals surface area contributed by atoms with Crippen molar-refractivity contribution in [3.63, 3.8) is 0 Å². The number of nitrogens with one attached hydrogen (secondary N) is 2. The highest BCUT2D eigenvalue weighted by molar-refractivity contribution is 5.94. The van der Waals surface area contributed by atoms with E-state index in [0.29, 0.717) is 23.7 Å². The normalized spacial score (nSPS) is 10.9. The number of hydrogen-bond donors (Lipinski definition) is 2. The number of aromatic nitrogens is 3. The van der Waals surface area contributed by atoms with Crippen molar-refractivity contribution < 1.29 is 9.53 Å². The van der Waals surface area contributed by atoms with Gasteiger partial charge in [0.1, 0.15) is 12.4 Å². The SMILES string of the molecule is Cc1ccc(NC(=O)Cc2c(C)nc3cc(=O)[nH]n3c2C)c(OCc2ccccc2)c1. The van der Waals surface area contributed by atoms with Crippen LogP contribution < -0.4 is 15.6 Å². The summed E-state index contributed by atoms with van der Waals surface area (Å²) in [5, 5.41) is 5.67. The molecule has 0 radical (unpaired) electrons. The molecule has 0 atom stereocenters. The Kier molecular flexibility index (Phi) is 5.58. The molecule has 4 rings (SSSR count). The van der Waals surface area contributed by atoms with E-state index in [0.717, 1.165) is 28.1 Å². The average Bonchev–Trinajstić information content (AvgIpc) is 3.12. The van der Waals surface area contributed by atoms with E-state index in [2.05, 4.69) is 15.4 Å². The van der Waals surface area contributed by atoms with Crippen molar-refractivity contribution in [2.45, 2.75) is 33.8 Å². The Hall–Kier alpha value is -3.87. The fraction of sp³-hybridized carbons (Fsp3) is 0.208. The molecular formula is C24H24N4O3. The first-order valence-electron chi connectivity index (χ1n) is 10.1. The third-order valence-electron chi connectivity index (χ3n) is 5.19. The maximum Gasteiger partial charge on any atom is 0.266 e. The fourth-order valence-corrected chi connectivity index (χ4v) is 3.55. The molecule has 1 amide bonds. The molecule has 0 saturated heterocycles. The van der Waals surface area contributed by atoms with Gasteiger partial charge in [0.05, 0.1) is 12.1 Å². The second-order valence-corrected chi connectivity index (χ2v) is 7.57. The summed E-state index contributed by atoms with van der Waals surface area (Å²) in [6, 6.07) is 17.0. The number of fused-ring (bicyclic) bond motifs is 1. The second-order valence-electron chi connectivity index (χ2n) is 7.57. The highest BCUT2D eigenvalue weighted by Gasteiger charge is 2.16. The van der Waals surface area contributed by atoms with Gasteiger partial charge in [-0.05, 0) is 44.0 Å². The topological polar surface area (TPSA) is 88.5 Å². The van der Waals surface area contributed by atoms with Crippen molar-refractivity contribution in [1.82, 2.24) is 14.6 Å². The standard InChI is InChI=1S/C24H24N4O3/c1-15-9-10-20(21(11-15)31-14-18-7-5-4-6-8-18)26-23(29)12-19-16(2)25-22-13-24(30)27-28(22)17(19)3/h4-11,13H,12,14H2,1-3H3,(H,26,29)(H,27,30). The third-order valence-corrected chi connectivity index (χ3v) is 5.19. The zero-order valence-corrected chi connectivity index (χ0v) is 17.7. The Balaban J connectivity index is 1.54. The quantitative estimate of drug-likeness (QED) is 0.502. The number of H-pyrrole nitrogens is 1. The first-order valence-corrected chi connectivity index (χ1v) is 10.1. The van der Waals surface area contributed by atoms with Crippen LogP contribution in [-0.4, -0.2) is 20.5 Å². The molecule has 0 aliphatic carbocycles. The minimum atomic E-state index is -0.225. The van der Waals surface area contributed by atoms with Crippen molar-refractivity contribution in [1.29, 1.82) is 0 Å². The highest BCUT2D eigenvalue weighted by Crippen LogP contribution is 2.27. The largest absolute Gasteiger partial charge is 0.487 e. The number of amides is 1. The summed E-state index contributed by atoms with van der Waals surface area (Å²) in [6.45, 7) is 6.09. The van der Waals surface area contributed by atoms with E-state index in [1.165, 1.54) is 6.07 Å². The van der Waals surface area contributed by atoms with Gasteiger partial charge in [0.2, 0.25) is 5.91 Å². The van der Waals surface area contributed by atoms with Gasteiger partial charge in [-0.1, -0.05) is 36.4 Å². The molecule has 2 aromatic heterocycles. The third kappa shape index (κ3) is 4.50. The van der Waals surface area contributed by atoms with Gasteiger partial charge < -0.3 is 10.1 Å². The number of aryl methyl sites for hydroxylation is 3. The summed E-state index contributed by atoms with van der Waals surface area (Å²) in [5.41, 5.74) is 5.30. The smallest absolute Gasteiger partial charge is 0.266 e. The summed E-state index contributed by atoms with van der Waals surface area (Å²) in [5.74, 6) is 0.434. The minimum absolute atomic E-state index is 0.132. The summed E-state index contributed by atoms with van der Waals surface area (Å²) >= 11 is 0. The van der Waals surface area contributed by atoms with Crippen LogP contribution in [0.1, 0.15) is 28.1 Å². The molecule has 0 fully saturated rings. The molecule has 0 unspecified atom stereocenters. The molecule has 2 N–H and O–H groups in total. The molecule has 0 bridgehead atoms. The first kappa shape index (κ1) is 20.4. The molecule has 0 spiro atoms. The molecule has 7 heteroatoms. The van der Waals surface area contributed by atoms with E-state index in [1.807, 2.05) is 69.3 Å². The Labute approximate surface area is 179 Å². The van der Waals surface area contributed by atoms with E-state index in [-0.39, 0.29) is 17.9 Å². The molecule has 0 aliphatic rings. The molecule has 2 heterocycles. The van der Waals surface area contributed by atoms with Crippen LogP contribution in [0.2, 0.25) is 0 Å². The lowest BCUT2D eigenvalue weighted by Gasteiger charge is -2.15. The number of anilines is 1. The zero-order chi connectivity index (χ0) is 22.0. The molecular weight excluding hydrogens is 392 g/mol. The monoisotopic (exact) mass is 416 g/mol. The van der Waals surface area contributed by atoms with E-state index in [4.69, 9.17) is 4.74 Å². The van der Waals surface area contributed by atoms with Gasteiger partial charge in [-0.2, -0.15) is 0 Å². The van der Waals surface area contributed by atoms with Crippen LogP contribution in [0.5, 0.6) is 5.75 Å². The van der Waals surface area contributed by atoms with Crippen LogP contribution in [0.15, 0.2) is 59.4 Å². The maximum absolute atomic E-state index is 12.9. The Morgan fingerprint density at radius 3 is 2.65 bits per heavy atom. The number of rotatable bonds is 6. The number of carbonyl (C=O) groups is 1. The van der Waals surface area contributed by atoms with E-state index in [9.17, 15) is 9.59 Å². The van der Waals surface area contributed by atoms with Crippen molar-refractivity contribution in [3.8, 4) is 5.75 Å². The van der Waals surface area contributed by atoms with Gasteiger partial charge in [-0.25, -0.2) is 9.50 Å². The van der Waals surface area contributed by atoms with Gasteiger partial charge in [-0.15, -0.1) is 0 Å². The molecule has 7 nitrogen and oxygen atoms in total. The lowest BCUT2D eigenvalue weighted by Crippen LogP contribution is -2.18. The van der Waals surface area contributed by atoms with Gasteiger partial charge in [0, 0.05) is 23.0 Å². The van der Waals surface area contributed by atoms with Crippen molar-refractivity contribution in [2.24, 2.45) is 0 Å². The van der Waals surface area contributed by atoms with Crippen LogP contribution >= 0.6 is 0 Å². The van der Waals surface area contributed by atoms with Crippen LogP contribution in [0.4, 0.5) is 5.69 Å². The summed E-state index contributed by atoms with van der Waals surface area (Å²) in [6.07, 6.45) is 0.132. The fourth-order valence-electron chi connectivity index (χ4n) is 3.55. The zero-order valence-electron chi connectivity index (χ0n) is 17.7. The summed E-state index contributed by atoms with van der Waals surface area (Å²) < 4.78 is 7.60. The number of ether oxygens (including phenoxy) is 1. The Morgan fingerprint density at radius 1 is 1.10 bits per heavy atom. The lowest BCUT2D eigenvalue weighted by atomic mass is 10.1. The van der Waals surface area contributed by atoms with Crippen LogP contribution in [0.3, 0.4) is 0 Å². The van der Waals surface area contributed by atoms with E-state index in [1.54, 1.807) is 4.52 Å². The number of nitrogens with zero attached hydrogens (tertiary/aromatic N) is 2. The molecule has 158 valence electrons. The van der Waals surface area contributed by atoms with Crippen molar-refractivity contribution in [2.75, 3.05) is 5.32 Å². The average molecular weight is 416 g/mol. The van der Waals surface area contributed by atoms with Crippen molar-refractivity contribution in [3.05, 3.63) is 93.0 Å². The Bertz CT molecular complexity index is 1310. The minimum Gasteiger partial charge on any atom is -0.487 e. The van der Waals surface area contributed by atoms with Gasteiger partial charge in [0.15, 0.2) is 5.65 Å². The van der Waals surface area contributed by atoms with Gasteiger partial charge in [0.25, 0.3) is 5.56 Å². The van der Waals surface area contributed by atoms with Crippen LogP contribution in [0.25, 0.3) is 5.65 Å². The predicted molar refractivity (Wildman–Crippen MR) is 120 cm³/mol. The summed E-state index contributed by atoms with van der Waals surface area (Å²) in [4.78, 5) is 28.9. The molecule has 4 aromatic rings. The number of hydrogen-bond acceptors (Lipinski definition) is 4. The number of aromatic amines is 1. The highest BCUT2D eigenvalue weighted by atomic mass is 16.5. The molecule has 2 aromatic carbocycles. The lowest BCUT2D eigenvalue weighted by molar-refractivity contribution is -0.115.